The van der Waals surface area contributed by atoms with Crippen LogP contribution in [0, 0.1) is 0 Å². The van der Waals surface area contributed by atoms with E-state index in [0.717, 1.165) is 31.5 Å². The van der Waals surface area contributed by atoms with Gasteiger partial charge in [0.1, 0.15) is 0 Å². The number of hydroxylamine groups is 2. The van der Waals surface area contributed by atoms with E-state index in [1.165, 1.54) is 0 Å². The van der Waals surface area contributed by atoms with Crippen LogP contribution in [-0.2, 0) is 15.0 Å². The van der Waals surface area contributed by atoms with Crippen LogP contribution in [-0.4, -0.2) is 48.1 Å². The van der Waals surface area contributed by atoms with Crippen molar-refractivity contribution in [2.75, 3.05) is 26.2 Å². The molecule has 23 heavy (non-hydrogen) atoms. The molecule has 2 heterocycles. The van der Waals surface area contributed by atoms with Gasteiger partial charge in [-0.05, 0) is 31.2 Å². The molecule has 0 aliphatic carbocycles. The highest BCUT2D eigenvalue weighted by Gasteiger charge is 2.46. The third kappa shape index (κ3) is 3.17. The van der Waals surface area contributed by atoms with E-state index in [4.69, 9.17) is 10.6 Å². The highest BCUT2D eigenvalue weighted by Crippen LogP contribution is 2.37. The molecule has 2 N–H and O–H groups in total. The Bertz CT molecular complexity index is 562. The monoisotopic (exact) mass is 317 g/mol. The van der Waals surface area contributed by atoms with Crippen LogP contribution in [0.15, 0.2) is 30.3 Å². The van der Waals surface area contributed by atoms with Crippen molar-refractivity contribution < 1.29 is 14.4 Å². The summed E-state index contributed by atoms with van der Waals surface area (Å²) in [7, 11) is 0. The highest BCUT2D eigenvalue weighted by molar-refractivity contribution is 5.84. The molecule has 0 bridgehead atoms. The zero-order valence-electron chi connectivity index (χ0n) is 13.2. The van der Waals surface area contributed by atoms with Gasteiger partial charge in [0.15, 0.2) is 0 Å². The quantitative estimate of drug-likeness (QED) is 0.920. The van der Waals surface area contributed by atoms with Crippen molar-refractivity contribution in [2.24, 2.45) is 5.73 Å². The first kappa shape index (κ1) is 15.8. The number of rotatable bonds is 3. The Kier molecular flexibility index (Phi) is 4.52. The zero-order valence-corrected chi connectivity index (χ0v) is 13.2. The lowest BCUT2D eigenvalue weighted by Gasteiger charge is -2.40. The van der Waals surface area contributed by atoms with Gasteiger partial charge in [-0.2, -0.15) is 0 Å². The maximum atomic E-state index is 13.0. The van der Waals surface area contributed by atoms with Gasteiger partial charge in [0.05, 0.1) is 5.41 Å². The van der Waals surface area contributed by atoms with Gasteiger partial charge in [-0.1, -0.05) is 30.3 Å². The predicted molar refractivity (Wildman–Crippen MR) is 85.4 cm³/mol. The van der Waals surface area contributed by atoms with Crippen LogP contribution in [0.3, 0.4) is 0 Å². The molecule has 0 unspecified atom stereocenters. The predicted octanol–water partition coefficient (Wildman–Crippen LogP) is 1.65. The number of nitrogens with zero attached hydrogens (tertiary/aromatic N) is 2. The van der Waals surface area contributed by atoms with Crippen molar-refractivity contribution >= 4 is 12.0 Å². The number of amides is 2. The Labute approximate surface area is 136 Å². The van der Waals surface area contributed by atoms with E-state index in [1.54, 1.807) is 9.96 Å². The van der Waals surface area contributed by atoms with Crippen LogP contribution < -0.4 is 5.73 Å². The molecule has 1 aromatic rings. The van der Waals surface area contributed by atoms with Gasteiger partial charge in [0.25, 0.3) is 0 Å². The molecule has 6 nitrogen and oxygen atoms in total. The Balaban J connectivity index is 1.82. The molecule has 1 aromatic carbocycles. The number of carbonyl (C=O) groups excluding carboxylic acids is 2. The van der Waals surface area contributed by atoms with Crippen molar-refractivity contribution in [3.8, 4) is 0 Å². The molecular weight excluding hydrogens is 294 g/mol. The second-order valence-electron chi connectivity index (χ2n) is 6.29. The third-order valence-corrected chi connectivity index (χ3v) is 4.92. The Morgan fingerprint density at radius 2 is 1.61 bits per heavy atom. The third-order valence-electron chi connectivity index (χ3n) is 4.92. The topological polar surface area (TPSA) is 75.9 Å². The first-order valence-corrected chi connectivity index (χ1v) is 8.19. The molecule has 0 saturated carbocycles. The lowest BCUT2D eigenvalue weighted by molar-refractivity contribution is -0.194. The summed E-state index contributed by atoms with van der Waals surface area (Å²) in [5.41, 5.74) is 5.62. The summed E-state index contributed by atoms with van der Waals surface area (Å²) in [6, 6.07) is 9.29. The van der Waals surface area contributed by atoms with Crippen LogP contribution >= 0.6 is 0 Å². The summed E-state index contributed by atoms with van der Waals surface area (Å²) < 4.78 is 0. The Hall–Kier alpha value is -2.08. The number of likely N-dealkylation sites (tertiary alicyclic amines) is 1. The second-order valence-corrected chi connectivity index (χ2v) is 6.29. The van der Waals surface area contributed by atoms with E-state index >= 15 is 0 Å². The van der Waals surface area contributed by atoms with E-state index in [-0.39, 0.29) is 5.97 Å². The van der Waals surface area contributed by atoms with Gasteiger partial charge < -0.3 is 15.5 Å². The van der Waals surface area contributed by atoms with E-state index in [9.17, 15) is 9.59 Å². The fraction of sp³-hybridized carbons (Fsp3) is 0.529. The smallest absolute Gasteiger partial charge is 0.335 e. The van der Waals surface area contributed by atoms with E-state index in [0.29, 0.717) is 25.9 Å². The highest BCUT2D eigenvalue weighted by atomic mass is 16.7. The number of hydrogen-bond donors (Lipinski definition) is 1. The summed E-state index contributed by atoms with van der Waals surface area (Å²) >= 11 is 0. The van der Waals surface area contributed by atoms with Crippen LogP contribution in [0.5, 0.6) is 0 Å². The lowest BCUT2D eigenvalue weighted by Crippen LogP contribution is -2.51. The fourth-order valence-corrected chi connectivity index (χ4v) is 3.46. The molecule has 2 fully saturated rings. The molecule has 124 valence electrons. The molecule has 6 heteroatoms. The zero-order chi connectivity index (χ0) is 16.3. The summed E-state index contributed by atoms with van der Waals surface area (Å²) in [6.45, 7) is 2.53. The average molecular weight is 317 g/mol. The van der Waals surface area contributed by atoms with Gasteiger partial charge in [0.2, 0.25) is 0 Å². The maximum Gasteiger partial charge on any atom is 0.335 e. The number of hydrogen-bond acceptors (Lipinski definition) is 4. The minimum absolute atomic E-state index is 0.213. The number of piperidine rings is 1. The van der Waals surface area contributed by atoms with E-state index in [1.807, 2.05) is 30.3 Å². The first-order chi connectivity index (χ1) is 11.1. The molecular formula is C17H23N3O3. The molecule has 0 aromatic heterocycles. The molecule has 0 atom stereocenters. The van der Waals surface area contributed by atoms with E-state index in [2.05, 4.69) is 0 Å². The Morgan fingerprint density at radius 1 is 1.00 bits per heavy atom. The lowest BCUT2D eigenvalue weighted by atomic mass is 9.73. The summed E-state index contributed by atoms with van der Waals surface area (Å²) in [5, 5.41) is 1.76. The maximum absolute atomic E-state index is 13.0. The normalized spacial score (nSPS) is 21.1. The number of carbonyl (C=O) groups is 2. The van der Waals surface area contributed by atoms with Gasteiger partial charge in [-0.3, -0.25) is 0 Å². The summed E-state index contributed by atoms with van der Waals surface area (Å²) in [4.78, 5) is 31.6. The van der Waals surface area contributed by atoms with Crippen LogP contribution in [0.4, 0.5) is 4.79 Å². The SMILES string of the molecule is NC(=O)N1CCC(C(=O)ON2CCCC2)(c2ccccc2)CC1. The van der Waals surface area contributed by atoms with E-state index < -0.39 is 11.4 Å². The second kappa shape index (κ2) is 6.58. The van der Waals surface area contributed by atoms with Crippen molar-refractivity contribution in [2.45, 2.75) is 31.1 Å². The fourth-order valence-electron chi connectivity index (χ4n) is 3.46. The van der Waals surface area contributed by atoms with Crippen molar-refractivity contribution in [3.05, 3.63) is 35.9 Å². The van der Waals surface area contributed by atoms with Crippen molar-refractivity contribution in [3.63, 3.8) is 0 Å². The molecule has 2 amide bonds. The van der Waals surface area contributed by atoms with Crippen LogP contribution in [0.2, 0.25) is 0 Å². The number of urea groups is 1. The molecule has 2 aliphatic heterocycles. The first-order valence-electron chi connectivity index (χ1n) is 8.19. The standard InChI is InChI=1S/C17H23N3O3/c18-16(22)19-12-8-17(9-13-19,14-6-2-1-3-7-14)15(21)23-20-10-4-5-11-20/h1-3,6-7H,4-5,8-13H2,(H2,18,22). The number of primary amides is 1. The molecule has 2 aliphatic rings. The largest absolute Gasteiger partial charge is 0.367 e. The van der Waals surface area contributed by atoms with Gasteiger partial charge >= 0.3 is 12.0 Å². The average Bonchev–Trinajstić information content (AvgIpc) is 3.08. The minimum atomic E-state index is -0.699. The number of benzene rings is 1. The molecule has 3 rings (SSSR count). The molecule has 0 radical (unpaired) electrons. The number of nitrogens with two attached hydrogens (primary N) is 1. The molecule has 0 spiro atoms. The van der Waals surface area contributed by atoms with Gasteiger partial charge in [-0.15, -0.1) is 5.06 Å². The van der Waals surface area contributed by atoms with Crippen LogP contribution in [0.25, 0.3) is 0 Å². The van der Waals surface area contributed by atoms with Crippen molar-refractivity contribution in [1.29, 1.82) is 0 Å². The minimum Gasteiger partial charge on any atom is -0.367 e. The van der Waals surface area contributed by atoms with Crippen LogP contribution in [0.1, 0.15) is 31.2 Å². The summed E-state index contributed by atoms with van der Waals surface area (Å²) in [6.07, 6.45) is 3.18. The van der Waals surface area contributed by atoms with Gasteiger partial charge in [0, 0.05) is 26.2 Å². The Morgan fingerprint density at radius 3 is 2.17 bits per heavy atom. The van der Waals surface area contributed by atoms with Gasteiger partial charge in [-0.25, -0.2) is 9.59 Å². The molecule has 2 saturated heterocycles. The van der Waals surface area contributed by atoms with Crippen molar-refractivity contribution in [1.82, 2.24) is 9.96 Å². The summed E-state index contributed by atoms with van der Waals surface area (Å²) in [5.74, 6) is -0.213.